The summed E-state index contributed by atoms with van der Waals surface area (Å²) < 4.78 is 11.5. The first kappa shape index (κ1) is 25.0. The Labute approximate surface area is 211 Å². The Bertz CT molecular complexity index is 1220. The van der Waals surface area contributed by atoms with Gasteiger partial charge in [-0.05, 0) is 74.7 Å². The first-order valence-corrected chi connectivity index (χ1v) is 12.3. The number of rotatable bonds is 8. The zero-order chi connectivity index (χ0) is 25.5. The summed E-state index contributed by atoms with van der Waals surface area (Å²) >= 11 is 0. The minimum absolute atomic E-state index is 0.0825. The van der Waals surface area contributed by atoms with Crippen LogP contribution in [0.3, 0.4) is 0 Å². The zero-order valence-corrected chi connectivity index (χ0v) is 20.6. The van der Waals surface area contributed by atoms with Gasteiger partial charge in [-0.3, -0.25) is 9.59 Å². The fourth-order valence-electron chi connectivity index (χ4n) is 4.36. The van der Waals surface area contributed by atoms with Crippen molar-refractivity contribution in [3.8, 4) is 17.6 Å². The molecule has 1 N–H and O–H groups in total. The average Bonchev–Trinajstić information content (AvgIpc) is 3.17. The van der Waals surface area contributed by atoms with E-state index in [1.54, 1.807) is 49.4 Å². The molecule has 36 heavy (non-hydrogen) atoms. The van der Waals surface area contributed by atoms with E-state index in [2.05, 4.69) is 16.5 Å². The zero-order valence-electron chi connectivity index (χ0n) is 20.6. The number of nitrogens with one attached hydrogen (secondary N) is 1. The van der Waals surface area contributed by atoms with E-state index < -0.39 is 0 Å². The van der Waals surface area contributed by atoms with Crippen molar-refractivity contribution < 1.29 is 19.1 Å². The summed E-state index contributed by atoms with van der Waals surface area (Å²) in [5, 5.41) is 17.8. The predicted molar refractivity (Wildman–Crippen MR) is 138 cm³/mol. The first-order valence-electron chi connectivity index (χ1n) is 12.3. The van der Waals surface area contributed by atoms with Crippen LogP contribution in [0.5, 0.6) is 11.5 Å². The highest BCUT2D eigenvalue weighted by Crippen LogP contribution is 2.31. The molecule has 2 amide bonds. The van der Waals surface area contributed by atoms with E-state index >= 15 is 0 Å². The number of hydrogen-bond donors (Lipinski definition) is 1. The molecule has 1 aliphatic heterocycles. The molecule has 8 nitrogen and oxygen atoms in total. The topological polar surface area (TPSA) is 104 Å². The number of ether oxygens (including phenoxy) is 2. The molecule has 1 saturated carbocycles. The van der Waals surface area contributed by atoms with Crippen LogP contribution in [0.2, 0.25) is 0 Å². The average molecular weight is 487 g/mol. The van der Waals surface area contributed by atoms with Gasteiger partial charge in [-0.15, -0.1) is 0 Å². The fourth-order valence-corrected chi connectivity index (χ4v) is 4.36. The van der Waals surface area contributed by atoms with Crippen LogP contribution in [-0.2, 0) is 9.59 Å². The van der Waals surface area contributed by atoms with Gasteiger partial charge in [-0.1, -0.05) is 25.3 Å². The molecule has 2 aliphatic rings. The van der Waals surface area contributed by atoms with Crippen molar-refractivity contribution >= 4 is 29.3 Å². The molecule has 8 heteroatoms. The van der Waals surface area contributed by atoms with Gasteiger partial charge in [0.1, 0.15) is 0 Å². The van der Waals surface area contributed by atoms with E-state index in [0.717, 1.165) is 31.2 Å². The third kappa shape index (κ3) is 5.92. The Kier molecular flexibility index (Phi) is 8.01. The third-order valence-electron chi connectivity index (χ3n) is 6.21. The van der Waals surface area contributed by atoms with Gasteiger partial charge in [-0.25, -0.2) is 0 Å². The maximum Gasteiger partial charge on any atom is 0.280 e. The number of nitriles is 1. The predicted octanol–water partition coefficient (Wildman–Crippen LogP) is 4.59. The van der Waals surface area contributed by atoms with Crippen LogP contribution in [0.25, 0.3) is 6.08 Å². The summed E-state index contributed by atoms with van der Waals surface area (Å²) in [6.07, 6.45) is 7.32. The molecule has 1 heterocycles. The first-order chi connectivity index (χ1) is 17.5. The molecule has 4 rings (SSSR count). The van der Waals surface area contributed by atoms with Crippen LogP contribution < -0.4 is 19.8 Å². The number of nitrogens with zero attached hydrogens (tertiary/aromatic N) is 3. The van der Waals surface area contributed by atoms with Gasteiger partial charge < -0.3 is 14.8 Å². The van der Waals surface area contributed by atoms with E-state index in [1.807, 2.05) is 13.0 Å². The Morgan fingerprint density at radius 1 is 1.14 bits per heavy atom. The van der Waals surface area contributed by atoms with Gasteiger partial charge in [0, 0.05) is 6.04 Å². The minimum atomic E-state index is -0.255. The van der Waals surface area contributed by atoms with Crippen LogP contribution in [0.15, 0.2) is 53.1 Å². The molecule has 0 spiro atoms. The van der Waals surface area contributed by atoms with Crippen LogP contribution in [0.4, 0.5) is 5.69 Å². The van der Waals surface area contributed by atoms with Gasteiger partial charge in [0.05, 0.1) is 35.2 Å². The number of anilines is 1. The molecule has 0 unspecified atom stereocenters. The van der Waals surface area contributed by atoms with Crippen LogP contribution in [0, 0.1) is 11.3 Å². The van der Waals surface area contributed by atoms with Gasteiger partial charge in [0.25, 0.3) is 11.8 Å². The highest BCUT2D eigenvalue weighted by molar-refractivity contribution is 6.32. The fraction of sp³-hybridized carbons (Fsp3) is 0.357. The monoisotopic (exact) mass is 486 g/mol. The number of carbonyl (C=O) groups is 2. The van der Waals surface area contributed by atoms with Crippen molar-refractivity contribution in [1.82, 2.24) is 5.32 Å². The summed E-state index contributed by atoms with van der Waals surface area (Å²) in [5.41, 5.74) is 2.90. The Morgan fingerprint density at radius 2 is 1.89 bits per heavy atom. The standard InChI is InChI=1S/C28H30N4O4/c1-3-35-26-16-21(11-14-25(26)36-18-27(33)30-22-7-5-4-6-8-22)15-24-19(2)31-32(28(24)34)23-12-9-20(17-29)10-13-23/h9-16,22H,3-8,18H2,1-2H3,(H,30,33). The van der Waals surface area contributed by atoms with Crippen LogP contribution >= 0.6 is 0 Å². The SMILES string of the molecule is CCOc1cc(C=C2C(=O)N(c3ccc(C#N)cc3)N=C2C)ccc1OCC(=O)NC1CCCCC1. The molecule has 0 radical (unpaired) electrons. The van der Waals surface area contributed by atoms with Crippen LogP contribution in [0.1, 0.15) is 57.1 Å². The lowest BCUT2D eigenvalue weighted by atomic mass is 9.95. The van der Waals surface area contributed by atoms with E-state index in [-0.39, 0.29) is 24.5 Å². The second-order valence-corrected chi connectivity index (χ2v) is 8.85. The van der Waals surface area contributed by atoms with Gasteiger partial charge >= 0.3 is 0 Å². The highest BCUT2D eigenvalue weighted by atomic mass is 16.5. The van der Waals surface area contributed by atoms with Gasteiger partial charge in [0.15, 0.2) is 18.1 Å². The lowest BCUT2D eigenvalue weighted by Gasteiger charge is -2.22. The lowest BCUT2D eigenvalue weighted by molar-refractivity contribution is -0.124. The molecular weight excluding hydrogens is 456 g/mol. The van der Waals surface area contributed by atoms with E-state index in [4.69, 9.17) is 14.7 Å². The summed E-state index contributed by atoms with van der Waals surface area (Å²) in [5.74, 6) is 0.582. The van der Waals surface area contributed by atoms with Gasteiger partial charge in [-0.2, -0.15) is 15.4 Å². The number of hydrogen-bond acceptors (Lipinski definition) is 6. The number of benzene rings is 2. The molecule has 0 saturated heterocycles. The molecule has 1 fully saturated rings. The maximum absolute atomic E-state index is 13.1. The molecular formula is C28H30N4O4. The molecule has 0 aromatic heterocycles. The molecule has 0 atom stereocenters. The Hall–Kier alpha value is -4.12. The van der Waals surface area contributed by atoms with Crippen molar-refractivity contribution in [2.75, 3.05) is 18.2 Å². The Morgan fingerprint density at radius 3 is 2.58 bits per heavy atom. The van der Waals surface area contributed by atoms with Gasteiger partial charge in [0.2, 0.25) is 0 Å². The van der Waals surface area contributed by atoms with Crippen LogP contribution in [-0.4, -0.2) is 36.8 Å². The van der Waals surface area contributed by atoms with Crippen molar-refractivity contribution in [3.05, 3.63) is 59.2 Å². The second-order valence-electron chi connectivity index (χ2n) is 8.85. The number of hydrazone groups is 1. The molecule has 186 valence electrons. The lowest BCUT2D eigenvalue weighted by Crippen LogP contribution is -2.39. The highest BCUT2D eigenvalue weighted by Gasteiger charge is 2.28. The summed E-state index contributed by atoms with van der Waals surface area (Å²) in [4.78, 5) is 25.4. The number of carbonyl (C=O) groups excluding carboxylic acids is 2. The number of amides is 2. The summed E-state index contributed by atoms with van der Waals surface area (Å²) in [6.45, 7) is 3.99. The van der Waals surface area contributed by atoms with Crippen molar-refractivity contribution in [3.63, 3.8) is 0 Å². The normalized spacial score (nSPS) is 17.0. The summed E-state index contributed by atoms with van der Waals surface area (Å²) in [7, 11) is 0. The third-order valence-corrected chi connectivity index (χ3v) is 6.21. The minimum Gasteiger partial charge on any atom is -0.490 e. The smallest absolute Gasteiger partial charge is 0.280 e. The van der Waals surface area contributed by atoms with E-state index in [1.165, 1.54) is 11.4 Å². The van der Waals surface area contributed by atoms with E-state index in [9.17, 15) is 9.59 Å². The maximum atomic E-state index is 13.1. The molecule has 0 bridgehead atoms. The molecule has 2 aromatic carbocycles. The largest absolute Gasteiger partial charge is 0.490 e. The van der Waals surface area contributed by atoms with Crippen molar-refractivity contribution in [1.29, 1.82) is 5.26 Å². The van der Waals surface area contributed by atoms with E-state index in [0.29, 0.717) is 40.6 Å². The quantitative estimate of drug-likeness (QED) is 0.550. The van der Waals surface area contributed by atoms with Crippen molar-refractivity contribution in [2.24, 2.45) is 5.10 Å². The Balaban J connectivity index is 1.46. The molecule has 1 aliphatic carbocycles. The molecule has 2 aromatic rings. The summed E-state index contributed by atoms with van der Waals surface area (Å²) in [6, 6.07) is 14.3. The van der Waals surface area contributed by atoms with Crippen molar-refractivity contribution in [2.45, 2.75) is 52.0 Å². The second kappa shape index (κ2) is 11.5.